The minimum Gasteiger partial charge on any atom is -0.550 e. The maximum Gasteiger partial charge on any atom is 0.238 e. The van der Waals surface area contributed by atoms with Crippen LogP contribution in [0.1, 0.15) is 6.42 Å². The molecule has 1 aromatic rings. The summed E-state index contributed by atoms with van der Waals surface area (Å²) < 4.78 is 22.4. The van der Waals surface area contributed by atoms with E-state index < -0.39 is 33.7 Å². The molecule has 1 aromatic carbocycles. The van der Waals surface area contributed by atoms with Crippen LogP contribution in [0.3, 0.4) is 0 Å². The zero-order valence-corrected chi connectivity index (χ0v) is 12.8. The fraction of sp³-hybridized carbons (Fsp3) is 0.333. The molecule has 7 nitrogen and oxygen atoms in total. The molecular weight excluding hydrogens is 320 g/mol. The van der Waals surface area contributed by atoms with Gasteiger partial charge in [-0.2, -0.15) is 0 Å². The predicted molar refractivity (Wildman–Crippen MR) is 79.2 cm³/mol. The normalized spacial score (nSPS) is 28.7. The third-order valence-corrected chi connectivity index (χ3v) is 5.41. The quantitative estimate of drug-likeness (QED) is 0.714. The Kier molecular flexibility index (Phi) is 3.73. The number of carboxylic acid groups (broad SMARTS) is 1. The lowest BCUT2D eigenvalue weighted by atomic mass is 9.82. The molecule has 0 saturated heterocycles. The van der Waals surface area contributed by atoms with E-state index in [9.17, 15) is 23.1 Å². The van der Waals surface area contributed by atoms with E-state index in [-0.39, 0.29) is 16.7 Å². The van der Waals surface area contributed by atoms with Crippen LogP contribution in [0.4, 0.5) is 5.69 Å². The van der Waals surface area contributed by atoms with Crippen molar-refractivity contribution in [2.75, 3.05) is 5.32 Å². The summed E-state index contributed by atoms with van der Waals surface area (Å²) in [7, 11) is -3.80. The van der Waals surface area contributed by atoms with Gasteiger partial charge < -0.3 is 15.2 Å². The Bertz CT molecular complexity index is 785. The molecule has 0 radical (unpaired) electrons. The summed E-state index contributed by atoms with van der Waals surface area (Å²) in [6, 6.07) is 5.38. The standard InChI is InChI=1S/C15H16N2O5S/c16-23(21,22)11-5-3-10(4-6-11)17-14(18)12-8-1-2-9(7-8)13(12)15(19)20/h1-6,8-9,12-13H,7H2,(H,17,18)(H,19,20)(H2,16,21,22)/p-1/t8-,9-,12+,13-/m0/s1. The average Bonchev–Trinajstić information content (AvgIpc) is 3.07. The molecule has 1 saturated carbocycles. The summed E-state index contributed by atoms with van der Waals surface area (Å²) in [5, 5.41) is 18.9. The fourth-order valence-corrected chi connectivity index (χ4v) is 3.97. The van der Waals surface area contributed by atoms with Gasteiger partial charge in [-0.3, -0.25) is 4.79 Å². The van der Waals surface area contributed by atoms with Crippen molar-refractivity contribution in [1.29, 1.82) is 0 Å². The van der Waals surface area contributed by atoms with Crippen LogP contribution in [-0.4, -0.2) is 20.3 Å². The molecular formula is C15H15N2O5S-. The number of carbonyl (C=O) groups excluding carboxylic acids is 2. The third-order valence-electron chi connectivity index (χ3n) is 4.48. The fourth-order valence-electron chi connectivity index (χ4n) is 3.45. The number of carbonyl (C=O) groups is 2. The number of aliphatic carboxylic acids is 1. The van der Waals surface area contributed by atoms with Gasteiger partial charge >= 0.3 is 0 Å². The number of primary sulfonamides is 1. The van der Waals surface area contributed by atoms with Gasteiger partial charge in [-0.15, -0.1) is 0 Å². The molecule has 0 unspecified atom stereocenters. The van der Waals surface area contributed by atoms with Crippen LogP contribution in [-0.2, 0) is 19.6 Å². The number of amides is 1. The summed E-state index contributed by atoms with van der Waals surface area (Å²) >= 11 is 0. The number of carboxylic acids is 1. The first kappa shape index (κ1) is 15.7. The lowest BCUT2D eigenvalue weighted by molar-refractivity contribution is -0.313. The highest BCUT2D eigenvalue weighted by Gasteiger charge is 2.48. The highest BCUT2D eigenvalue weighted by molar-refractivity contribution is 7.89. The third kappa shape index (κ3) is 2.87. The lowest BCUT2D eigenvalue weighted by Gasteiger charge is -2.27. The van der Waals surface area contributed by atoms with E-state index in [1.807, 2.05) is 12.2 Å². The molecule has 8 heteroatoms. The van der Waals surface area contributed by atoms with Gasteiger partial charge in [0.2, 0.25) is 15.9 Å². The monoisotopic (exact) mass is 335 g/mol. The van der Waals surface area contributed by atoms with Crippen molar-refractivity contribution >= 4 is 27.6 Å². The number of allylic oxidation sites excluding steroid dienone is 2. The Labute approximate surface area is 133 Å². The zero-order chi connectivity index (χ0) is 16.8. The van der Waals surface area contributed by atoms with Gasteiger partial charge in [0.05, 0.1) is 10.8 Å². The Hall–Kier alpha value is -2.19. The van der Waals surface area contributed by atoms with E-state index in [4.69, 9.17) is 5.14 Å². The number of sulfonamides is 1. The van der Waals surface area contributed by atoms with E-state index in [1.54, 1.807) is 0 Å². The molecule has 2 aliphatic rings. The van der Waals surface area contributed by atoms with Gasteiger partial charge in [-0.05, 0) is 42.5 Å². The lowest BCUT2D eigenvalue weighted by Crippen LogP contribution is -2.42. The van der Waals surface area contributed by atoms with Crippen LogP contribution in [0.5, 0.6) is 0 Å². The Morgan fingerprint density at radius 2 is 1.65 bits per heavy atom. The summed E-state index contributed by atoms with van der Waals surface area (Å²) in [5.41, 5.74) is 0.381. The van der Waals surface area contributed by atoms with Gasteiger partial charge in [-0.25, -0.2) is 13.6 Å². The maximum atomic E-state index is 12.4. The topological polar surface area (TPSA) is 129 Å². The van der Waals surface area contributed by atoms with Crippen LogP contribution < -0.4 is 15.6 Å². The second kappa shape index (κ2) is 5.47. The molecule has 2 bridgehead atoms. The van der Waals surface area contributed by atoms with Crippen LogP contribution in [0.15, 0.2) is 41.3 Å². The number of nitrogens with one attached hydrogen (secondary N) is 1. The van der Waals surface area contributed by atoms with Crippen LogP contribution >= 0.6 is 0 Å². The molecule has 3 N–H and O–H groups in total. The van der Waals surface area contributed by atoms with Crippen molar-refractivity contribution in [2.24, 2.45) is 28.8 Å². The second-order valence-corrected chi connectivity index (χ2v) is 7.44. The summed E-state index contributed by atoms with van der Waals surface area (Å²) in [5.74, 6) is -3.38. The van der Waals surface area contributed by atoms with E-state index >= 15 is 0 Å². The minimum absolute atomic E-state index is 0.0639. The predicted octanol–water partition coefficient (Wildman–Crippen LogP) is -0.539. The van der Waals surface area contributed by atoms with Crippen molar-refractivity contribution in [3.63, 3.8) is 0 Å². The van der Waals surface area contributed by atoms with Gasteiger partial charge in [0.1, 0.15) is 0 Å². The SMILES string of the molecule is NS(=O)(=O)c1ccc(NC(=O)[C@H]2[C@@H](C(=O)[O-])[C@H]3C=C[C@H]2C3)cc1. The number of rotatable bonds is 4. The molecule has 0 aromatic heterocycles. The highest BCUT2D eigenvalue weighted by Crippen LogP contribution is 2.48. The first-order valence-corrected chi connectivity index (χ1v) is 8.65. The van der Waals surface area contributed by atoms with E-state index in [2.05, 4.69) is 5.32 Å². The van der Waals surface area contributed by atoms with Crippen molar-refractivity contribution in [3.05, 3.63) is 36.4 Å². The first-order valence-electron chi connectivity index (χ1n) is 7.10. The summed E-state index contributed by atoms with van der Waals surface area (Å²) in [4.78, 5) is 23.7. The van der Waals surface area contributed by atoms with Crippen molar-refractivity contribution in [2.45, 2.75) is 11.3 Å². The molecule has 0 heterocycles. The maximum absolute atomic E-state index is 12.4. The van der Waals surface area contributed by atoms with Crippen molar-refractivity contribution in [3.8, 4) is 0 Å². The second-order valence-electron chi connectivity index (χ2n) is 5.88. The van der Waals surface area contributed by atoms with E-state index in [0.29, 0.717) is 12.1 Å². The van der Waals surface area contributed by atoms with Crippen molar-refractivity contribution < 1.29 is 23.1 Å². The first-order chi connectivity index (χ1) is 10.8. The Morgan fingerprint density at radius 1 is 1.09 bits per heavy atom. The number of fused-ring (bicyclic) bond motifs is 2. The van der Waals surface area contributed by atoms with Gasteiger partial charge in [0.15, 0.2) is 0 Å². The molecule has 4 atom stereocenters. The van der Waals surface area contributed by atoms with Gasteiger partial charge in [0.25, 0.3) is 0 Å². The Balaban J connectivity index is 1.77. The number of benzene rings is 1. The van der Waals surface area contributed by atoms with E-state index in [1.165, 1.54) is 24.3 Å². The number of anilines is 1. The summed E-state index contributed by atoms with van der Waals surface area (Å²) in [6.45, 7) is 0. The van der Waals surface area contributed by atoms with Crippen LogP contribution in [0.2, 0.25) is 0 Å². The summed E-state index contributed by atoms with van der Waals surface area (Å²) in [6.07, 6.45) is 4.34. The van der Waals surface area contributed by atoms with Crippen molar-refractivity contribution in [1.82, 2.24) is 0 Å². The molecule has 1 amide bonds. The molecule has 0 spiro atoms. The van der Waals surface area contributed by atoms with E-state index in [0.717, 1.165) is 0 Å². The number of nitrogens with two attached hydrogens (primary N) is 1. The molecule has 1 fully saturated rings. The van der Waals surface area contributed by atoms with Crippen LogP contribution in [0.25, 0.3) is 0 Å². The average molecular weight is 335 g/mol. The Morgan fingerprint density at radius 3 is 2.17 bits per heavy atom. The highest BCUT2D eigenvalue weighted by atomic mass is 32.2. The van der Waals surface area contributed by atoms with Gasteiger partial charge in [0, 0.05) is 17.6 Å². The molecule has 3 rings (SSSR count). The largest absolute Gasteiger partial charge is 0.550 e. The number of hydrogen-bond acceptors (Lipinski definition) is 5. The molecule has 2 aliphatic carbocycles. The van der Waals surface area contributed by atoms with Crippen LogP contribution in [0, 0.1) is 23.7 Å². The molecule has 122 valence electrons. The zero-order valence-electron chi connectivity index (χ0n) is 12.0. The number of hydrogen-bond donors (Lipinski definition) is 2. The minimum atomic E-state index is -3.80. The smallest absolute Gasteiger partial charge is 0.238 e. The molecule has 0 aliphatic heterocycles. The molecule has 23 heavy (non-hydrogen) atoms. The van der Waals surface area contributed by atoms with Gasteiger partial charge in [-0.1, -0.05) is 12.2 Å².